The third-order valence-corrected chi connectivity index (χ3v) is 5.08. The number of pyridine rings is 1. The Morgan fingerprint density at radius 3 is 2.19 bits per heavy atom. The summed E-state index contributed by atoms with van der Waals surface area (Å²) in [6, 6.07) is 7.90. The van der Waals surface area contributed by atoms with Gasteiger partial charge in [-0.15, -0.1) is 0 Å². The number of nitrogens with two attached hydrogens (primary N) is 3. The second kappa shape index (κ2) is 9.15. The predicted molar refractivity (Wildman–Crippen MR) is 117 cm³/mol. The topological polar surface area (TPSA) is 137 Å². The lowest BCUT2D eigenvalue weighted by molar-refractivity contribution is -0.141. The lowest BCUT2D eigenvalue weighted by Gasteiger charge is -2.10. The zero-order valence-corrected chi connectivity index (χ0v) is 18.0. The van der Waals surface area contributed by atoms with Crippen LogP contribution in [0.3, 0.4) is 0 Å². The van der Waals surface area contributed by atoms with Crippen LogP contribution in [0.2, 0.25) is 0 Å². The predicted octanol–water partition coefficient (Wildman–Crippen LogP) is 2.59. The molecule has 7 nitrogen and oxygen atoms in total. The van der Waals surface area contributed by atoms with Crippen LogP contribution in [-0.4, -0.2) is 25.4 Å². The van der Waals surface area contributed by atoms with Gasteiger partial charge in [0.05, 0.1) is 21.7 Å². The first kappa shape index (κ1) is 24.5. The standard InChI is InChI=1S/C21H20F3N5O2S/c1-12(25)17(10-6-15-7-11-18(27)29-20(15)21(22,23)24)19(28-13(2)26)14-4-8-16(9-5-14)32(3,30)31/h4-5,7-9,11H,2,25-26H2,1,3H3,(H2,27,29)/b17-12-,28-19-. The maximum Gasteiger partial charge on any atom is 0.434 e. The van der Waals surface area contributed by atoms with E-state index in [4.69, 9.17) is 17.2 Å². The highest BCUT2D eigenvalue weighted by molar-refractivity contribution is 7.90. The molecule has 0 saturated carbocycles. The largest absolute Gasteiger partial charge is 0.434 e. The van der Waals surface area contributed by atoms with Gasteiger partial charge in [0.1, 0.15) is 11.6 Å². The van der Waals surface area contributed by atoms with E-state index in [0.717, 1.165) is 12.3 Å². The Morgan fingerprint density at radius 1 is 1.12 bits per heavy atom. The highest BCUT2D eigenvalue weighted by Gasteiger charge is 2.35. The van der Waals surface area contributed by atoms with Gasteiger partial charge in [-0.05, 0) is 31.2 Å². The number of aromatic nitrogens is 1. The molecule has 1 aromatic carbocycles. The lowest BCUT2D eigenvalue weighted by atomic mass is 10.0. The van der Waals surface area contributed by atoms with Crippen LogP contribution in [0.1, 0.15) is 23.7 Å². The molecule has 0 unspecified atom stereocenters. The summed E-state index contributed by atoms with van der Waals surface area (Å²) in [5, 5.41) is 0. The first-order valence-electron chi connectivity index (χ1n) is 8.86. The number of allylic oxidation sites excluding steroid dienone is 2. The Bertz CT molecular complexity index is 1280. The van der Waals surface area contributed by atoms with Crippen LogP contribution in [0.25, 0.3) is 0 Å². The Morgan fingerprint density at radius 2 is 1.72 bits per heavy atom. The van der Waals surface area contributed by atoms with E-state index in [1.807, 2.05) is 0 Å². The van der Waals surface area contributed by atoms with Crippen molar-refractivity contribution in [2.24, 2.45) is 16.5 Å². The summed E-state index contributed by atoms with van der Waals surface area (Å²) in [6.45, 7) is 4.99. The first-order chi connectivity index (χ1) is 14.7. The molecule has 1 heterocycles. The SMILES string of the molecule is C=C(N)/N=C(\C(C#Cc1ccc(N)nc1C(F)(F)F)=C(\C)N)c1ccc(S(C)(=O)=O)cc1. The molecule has 2 aromatic rings. The number of anilines is 1. The van der Waals surface area contributed by atoms with Crippen LogP contribution in [0.5, 0.6) is 0 Å². The molecule has 0 saturated heterocycles. The number of hydrogen-bond acceptors (Lipinski definition) is 7. The third-order valence-electron chi connectivity index (χ3n) is 3.95. The minimum absolute atomic E-state index is 0.0658. The molecule has 0 fully saturated rings. The average Bonchev–Trinajstić information content (AvgIpc) is 2.66. The first-order valence-corrected chi connectivity index (χ1v) is 10.8. The van der Waals surface area contributed by atoms with Crippen molar-refractivity contribution >= 4 is 21.4 Å². The van der Waals surface area contributed by atoms with Gasteiger partial charge in [-0.2, -0.15) is 13.2 Å². The summed E-state index contributed by atoms with van der Waals surface area (Å²) in [5.41, 5.74) is 16.0. The fourth-order valence-corrected chi connectivity index (χ4v) is 3.16. The van der Waals surface area contributed by atoms with E-state index in [2.05, 4.69) is 28.4 Å². The van der Waals surface area contributed by atoms with Crippen molar-refractivity contribution in [3.05, 3.63) is 76.9 Å². The molecular weight excluding hydrogens is 443 g/mol. The van der Waals surface area contributed by atoms with E-state index >= 15 is 0 Å². The Kier molecular flexibility index (Phi) is 7.00. The number of halogens is 3. The van der Waals surface area contributed by atoms with Crippen LogP contribution in [-0.2, 0) is 16.0 Å². The summed E-state index contributed by atoms with van der Waals surface area (Å²) in [7, 11) is -3.44. The molecule has 0 aliphatic heterocycles. The van der Waals surface area contributed by atoms with Gasteiger partial charge in [0.25, 0.3) is 0 Å². The van der Waals surface area contributed by atoms with E-state index < -0.39 is 27.3 Å². The molecule has 0 spiro atoms. The minimum Gasteiger partial charge on any atom is -0.401 e. The number of alkyl halides is 3. The summed E-state index contributed by atoms with van der Waals surface area (Å²) in [5.74, 6) is 4.59. The molecule has 0 amide bonds. The van der Waals surface area contributed by atoms with Crippen LogP contribution >= 0.6 is 0 Å². The lowest BCUT2D eigenvalue weighted by Crippen LogP contribution is -2.13. The molecule has 0 aliphatic rings. The molecule has 2 rings (SSSR count). The Balaban J connectivity index is 2.66. The highest BCUT2D eigenvalue weighted by Crippen LogP contribution is 2.30. The Labute approximate surface area is 183 Å². The van der Waals surface area contributed by atoms with Gasteiger partial charge in [0.15, 0.2) is 15.5 Å². The van der Waals surface area contributed by atoms with Crippen molar-refractivity contribution in [1.82, 2.24) is 4.98 Å². The number of hydrogen-bond donors (Lipinski definition) is 3. The molecule has 0 bridgehead atoms. The van der Waals surface area contributed by atoms with Crippen molar-refractivity contribution in [3.63, 3.8) is 0 Å². The maximum atomic E-state index is 13.3. The number of rotatable bonds is 4. The highest BCUT2D eigenvalue weighted by atomic mass is 32.2. The summed E-state index contributed by atoms with van der Waals surface area (Å²) >= 11 is 0. The van der Waals surface area contributed by atoms with Gasteiger partial charge in [0.2, 0.25) is 0 Å². The molecule has 6 N–H and O–H groups in total. The van der Waals surface area contributed by atoms with Crippen molar-refractivity contribution in [3.8, 4) is 11.8 Å². The van der Waals surface area contributed by atoms with Crippen LogP contribution in [0.4, 0.5) is 19.0 Å². The molecule has 1 aromatic heterocycles. The molecule has 0 aliphatic carbocycles. The van der Waals surface area contributed by atoms with Gasteiger partial charge in [-0.3, -0.25) is 0 Å². The number of benzene rings is 1. The Hall–Kier alpha value is -3.78. The maximum absolute atomic E-state index is 13.3. The van der Waals surface area contributed by atoms with Gasteiger partial charge in [0, 0.05) is 17.5 Å². The van der Waals surface area contributed by atoms with Gasteiger partial charge in [-0.25, -0.2) is 18.4 Å². The second-order valence-corrected chi connectivity index (χ2v) is 8.70. The molecule has 11 heteroatoms. The molecule has 32 heavy (non-hydrogen) atoms. The van der Waals surface area contributed by atoms with E-state index in [9.17, 15) is 21.6 Å². The second-order valence-electron chi connectivity index (χ2n) is 6.69. The minimum atomic E-state index is -4.77. The normalized spacial score (nSPS) is 13.1. The van der Waals surface area contributed by atoms with Crippen LogP contribution < -0.4 is 17.2 Å². The summed E-state index contributed by atoms with van der Waals surface area (Å²) in [4.78, 5) is 7.51. The monoisotopic (exact) mass is 463 g/mol. The summed E-state index contributed by atoms with van der Waals surface area (Å²) < 4.78 is 63.4. The third kappa shape index (κ3) is 6.12. The molecule has 168 valence electrons. The van der Waals surface area contributed by atoms with E-state index in [-0.39, 0.29) is 33.5 Å². The quantitative estimate of drug-likeness (QED) is 0.471. The number of sulfone groups is 1. The van der Waals surface area contributed by atoms with Crippen molar-refractivity contribution in [1.29, 1.82) is 0 Å². The van der Waals surface area contributed by atoms with Crippen molar-refractivity contribution < 1.29 is 21.6 Å². The van der Waals surface area contributed by atoms with E-state index in [1.165, 1.54) is 37.3 Å². The summed E-state index contributed by atoms with van der Waals surface area (Å²) in [6.07, 6.45) is -3.72. The number of nitrogen functional groups attached to an aromatic ring is 1. The fraction of sp³-hybridized carbons (Fsp3) is 0.143. The average molecular weight is 463 g/mol. The fourth-order valence-electron chi connectivity index (χ4n) is 2.53. The number of nitrogens with zero attached hydrogens (tertiary/aromatic N) is 2. The smallest absolute Gasteiger partial charge is 0.401 e. The van der Waals surface area contributed by atoms with Gasteiger partial charge < -0.3 is 17.2 Å². The van der Waals surface area contributed by atoms with Crippen molar-refractivity contribution in [2.45, 2.75) is 18.0 Å². The number of aliphatic imine (C=N–C) groups is 1. The van der Waals surface area contributed by atoms with Gasteiger partial charge >= 0.3 is 6.18 Å². The van der Waals surface area contributed by atoms with Crippen LogP contribution in [0, 0.1) is 11.8 Å². The van der Waals surface area contributed by atoms with E-state index in [0.29, 0.717) is 5.56 Å². The molecule has 0 atom stereocenters. The van der Waals surface area contributed by atoms with Crippen molar-refractivity contribution in [2.75, 3.05) is 12.0 Å². The van der Waals surface area contributed by atoms with E-state index in [1.54, 1.807) is 0 Å². The van der Waals surface area contributed by atoms with Gasteiger partial charge in [-0.1, -0.05) is 30.6 Å². The molecule has 0 radical (unpaired) electrons. The zero-order valence-electron chi connectivity index (χ0n) is 17.2. The van der Waals surface area contributed by atoms with Crippen LogP contribution in [0.15, 0.2) is 70.0 Å². The zero-order chi connectivity index (χ0) is 24.3. The molecular formula is C21H20F3N5O2S.